The van der Waals surface area contributed by atoms with Crippen molar-refractivity contribution in [1.82, 2.24) is 5.32 Å². The van der Waals surface area contributed by atoms with Crippen LogP contribution in [-0.2, 0) is 18.4 Å². The second-order valence-corrected chi connectivity index (χ2v) is 14.3. The molecule has 1 rings (SSSR count). The Morgan fingerprint density at radius 1 is 0.729 bits per heavy atom. The van der Waals surface area contributed by atoms with Crippen LogP contribution < -0.4 is 5.32 Å². The van der Waals surface area contributed by atoms with Gasteiger partial charge in [-0.2, -0.15) is 0 Å². The Morgan fingerprint density at radius 2 is 1.23 bits per heavy atom. The lowest BCUT2D eigenvalue weighted by Crippen LogP contribution is -2.64. The number of phosphoric ester groups is 1. The van der Waals surface area contributed by atoms with Gasteiger partial charge in [-0.05, 0) is 25.7 Å². The minimum atomic E-state index is -5.13. The van der Waals surface area contributed by atoms with E-state index in [-0.39, 0.29) is 6.42 Å². The molecule has 1 saturated carbocycles. The lowest BCUT2D eigenvalue weighted by atomic mass is 9.85. The molecular formula is C34H64NO12P. The molecule has 282 valence electrons. The second kappa shape index (κ2) is 25.7. The first kappa shape index (κ1) is 44.8. The molecule has 9 N–H and O–H groups in total. The lowest BCUT2D eigenvalue weighted by molar-refractivity contribution is -0.220. The van der Waals surface area contributed by atoms with Crippen LogP contribution in [0.15, 0.2) is 24.3 Å². The SMILES string of the molecule is CCC/C=C/CC/C=C/C(O)C(COP(=O)(O)OC1C(O)C(O)C(O)C(O)C1O)NC(=O)CC(O)CCCCCCCCCCCCC. The van der Waals surface area contributed by atoms with Crippen LogP contribution in [0.1, 0.15) is 123 Å². The van der Waals surface area contributed by atoms with E-state index in [1.807, 2.05) is 6.08 Å². The number of aliphatic hydroxyl groups is 7. The predicted octanol–water partition coefficient (Wildman–Crippen LogP) is 3.30. The summed E-state index contributed by atoms with van der Waals surface area (Å²) in [6.45, 7) is 3.53. The quantitative estimate of drug-likeness (QED) is 0.0340. The molecule has 0 aromatic carbocycles. The molecule has 8 atom stereocenters. The third-order valence-electron chi connectivity index (χ3n) is 8.52. The number of aliphatic hydroxyl groups excluding tert-OH is 7. The fourth-order valence-electron chi connectivity index (χ4n) is 5.50. The molecule has 14 heteroatoms. The van der Waals surface area contributed by atoms with Gasteiger partial charge in [-0.15, -0.1) is 0 Å². The highest BCUT2D eigenvalue weighted by atomic mass is 31.2. The number of rotatable bonds is 27. The number of phosphoric acid groups is 1. The van der Waals surface area contributed by atoms with Crippen LogP contribution in [0, 0.1) is 0 Å². The van der Waals surface area contributed by atoms with Gasteiger partial charge < -0.3 is 46.0 Å². The molecule has 0 saturated heterocycles. The number of amides is 1. The summed E-state index contributed by atoms with van der Waals surface area (Å²) < 4.78 is 22.6. The maximum absolute atomic E-state index is 12.8. The van der Waals surface area contributed by atoms with E-state index in [0.717, 1.165) is 44.9 Å². The molecule has 13 nitrogen and oxygen atoms in total. The third kappa shape index (κ3) is 18.7. The van der Waals surface area contributed by atoms with Crippen LogP contribution in [0.5, 0.6) is 0 Å². The summed E-state index contributed by atoms with van der Waals surface area (Å²) in [4.78, 5) is 23.1. The highest BCUT2D eigenvalue weighted by molar-refractivity contribution is 7.47. The fraction of sp³-hybridized carbons (Fsp3) is 0.853. The van der Waals surface area contributed by atoms with Crippen molar-refractivity contribution in [1.29, 1.82) is 0 Å². The summed E-state index contributed by atoms with van der Waals surface area (Å²) in [6, 6.07) is -1.25. The normalized spacial score (nSPS) is 26.5. The van der Waals surface area contributed by atoms with Crippen LogP contribution in [-0.4, -0.2) is 108 Å². The van der Waals surface area contributed by atoms with Gasteiger partial charge in [0.05, 0.1) is 31.3 Å². The summed E-state index contributed by atoms with van der Waals surface area (Å²) in [5, 5.41) is 73.6. The molecule has 0 aromatic rings. The topological polar surface area (TPSA) is 226 Å². The smallest absolute Gasteiger partial charge is 0.393 e. The zero-order valence-electron chi connectivity index (χ0n) is 28.9. The van der Waals surface area contributed by atoms with Gasteiger partial charge in [-0.3, -0.25) is 13.8 Å². The molecule has 0 bridgehead atoms. The molecule has 1 aliphatic rings. The Labute approximate surface area is 286 Å². The molecule has 0 heterocycles. The molecule has 1 fully saturated rings. The van der Waals surface area contributed by atoms with Gasteiger partial charge >= 0.3 is 7.82 Å². The summed E-state index contributed by atoms with van der Waals surface area (Å²) >= 11 is 0. The monoisotopic (exact) mass is 709 g/mol. The molecule has 1 aliphatic carbocycles. The van der Waals surface area contributed by atoms with Gasteiger partial charge in [0.2, 0.25) is 5.91 Å². The van der Waals surface area contributed by atoms with Crippen molar-refractivity contribution in [2.24, 2.45) is 0 Å². The average molecular weight is 710 g/mol. The standard InChI is InChI=1S/C34H64NO12P/c1-3-5-7-9-11-12-13-14-16-17-19-21-25(36)23-28(38)35-26(27(37)22-20-18-15-10-8-6-4-2)24-46-48(44,45)47-34-32(42)30(40)29(39)31(41)33(34)43/h8,10,20,22,25-27,29-34,36-37,39-43H,3-7,9,11-19,21,23-24H2,1-2H3,(H,35,38)(H,44,45)/b10-8+,22-20+. The maximum Gasteiger partial charge on any atom is 0.472 e. The maximum atomic E-state index is 12.8. The molecule has 1 amide bonds. The summed E-state index contributed by atoms with van der Waals surface area (Å²) in [5.74, 6) is -0.610. The highest BCUT2D eigenvalue weighted by Crippen LogP contribution is 2.47. The molecule has 0 aliphatic heterocycles. The van der Waals surface area contributed by atoms with Crippen molar-refractivity contribution in [2.45, 2.75) is 178 Å². The molecule has 48 heavy (non-hydrogen) atoms. The molecular weight excluding hydrogens is 645 g/mol. The van der Waals surface area contributed by atoms with Gasteiger partial charge in [0.25, 0.3) is 0 Å². The number of hydrogen-bond donors (Lipinski definition) is 9. The van der Waals surface area contributed by atoms with E-state index in [0.29, 0.717) is 12.8 Å². The summed E-state index contributed by atoms with van der Waals surface area (Å²) in [7, 11) is -5.13. The Morgan fingerprint density at radius 3 is 1.79 bits per heavy atom. The van der Waals surface area contributed by atoms with E-state index in [2.05, 4.69) is 25.2 Å². The largest absolute Gasteiger partial charge is 0.472 e. The van der Waals surface area contributed by atoms with Crippen LogP contribution in [0.4, 0.5) is 0 Å². The van der Waals surface area contributed by atoms with E-state index in [9.17, 15) is 50.0 Å². The van der Waals surface area contributed by atoms with Crippen LogP contribution in [0.25, 0.3) is 0 Å². The molecule has 0 aromatic heterocycles. The number of allylic oxidation sites excluding steroid dienone is 3. The van der Waals surface area contributed by atoms with E-state index >= 15 is 0 Å². The number of carbonyl (C=O) groups excluding carboxylic acids is 1. The molecule has 8 unspecified atom stereocenters. The first-order valence-corrected chi connectivity index (χ1v) is 19.4. The van der Waals surface area contributed by atoms with E-state index in [1.54, 1.807) is 6.08 Å². The third-order valence-corrected chi connectivity index (χ3v) is 9.51. The minimum absolute atomic E-state index is 0.251. The number of unbranched alkanes of at least 4 members (excludes halogenated alkanes) is 12. The van der Waals surface area contributed by atoms with Gasteiger partial charge in [-0.1, -0.05) is 115 Å². The van der Waals surface area contributed by atoms with Gasteiger partial charge in [0, 0.05) is 0 Å². The fourth-order valence-corrected chi connectivity index (χ4v) is 6.46. The average Bonchev–Trinajstić information content (AvgIpc) is 3.05. The van der Waals surface area contributed by atoms with Crippen LogP contribution in [0.3, 0.4) is 0 Å². The van der Waals surface area contributed by atoms with E-state index in [1.165, 1.54) is 51.0 Å². The van der Waals surface area contributed by atoms with Crippen LogP contribution >= 0.6 is 7.82 Å². The Bertz CT molecular complexity index is 937. The van der Waals surface area contributed by atoms with Crippen molar-refractivity contribution < 1.29 is 59.0 Å². The van der Waals surface area contributed by atoms with Crippen molar-refractivity contribution in [3.05, 3.63) is 24.3 Å². The molecule has 0 radical (unpaired) electrons. The Hall–Kier alpha value is -1.22. The summed E-state index contributed by atoms with van der Waals surface area (Å²) in [5.41, 5.74) is 0. The predicted molar refractivity (Wildman–Crippen MR) is 183 cm³/mol. The lowest BCUT2D eigenvalue weighted by Gasteiger charge is -2.41. The Kier molecular flexibility index (Phi) is 24.0. The van der Waals surface area contributed by atoms with Gasteiger partial charge in [0.1, 0.15) is 36.6 Å². The van der Waals surface area contributed by atoms with Crippen LogP contribution in [0.2, 0.25) is 0 Å². The first-order chi connectivity index (χ1) is 22.8. The first-order valence-electron chi connectivity index (χ1n) is 17.9. The van der Waals surface area contributed by atoms with Gasteiger partial charge in [0.15, 0.2) is 0 Å². The highest BCUT2D eigenvalue weighted by Gasteiger charge is 2.51. The van der Waals surface area contributed by atoms with Crippen molar-refractivity contribution in [2.75, 3.05) is 6.61 Å². The van der Waals surface area contributed by atoms with Crippen molar-refractivity contribution >= 4 is 13.7 Å². The number of carbonyl (C=O) groups is 1. The van der Waals surface area contributed by atoms with Gasteiger partial charge in [-0.25, -0.2) is 4.57 Å². The van der Waals surface area contributed by atoms with E-state index in [4.69, 9.17) is 9.05 Å². The Balaban J connectivity index is 2.67. The summed E-state index contributed by atoms with van der Waals surface area (Å²) in [6.07, 6.45) is 9.18. The second-order valence-electron chi connectivity index (χ2n) is 12.9. The molecule has 0 spiro atoms. The van der Waals surface area contributed by atoms with E-state index < -0.39 is 75.2 Å². The zero-order valence-corrected chi connectivity index (χ0v) is 29.8. The number of hydrogen-bond acceptors (Lipinski definition) is 11. The zero-order chi connectivity index (χ0) is 36.0. The van der Waals surface area contributed by atoms with Crippen molar-refractivity contribution in [3.63, 3.8) is 0 Å². The van der Waals surface area contributed by atoms with Crippen molar-refractivity contribution in [3.8, 4) is 0 Å². The minimum Gasteiger partial charge on any atom is -0.393 e. The number of nitrogens with one attached hydrogen (secondary N) is 1.